The molecule has 2 aromatic carbocycles. The lowest BCUT2D eigenvalue weighted by atomic mass is 10.1. The zero-order valence-electron chi connectivity index (χ0n) is 15.2. The third-order valence-corrected chi connectivity index (χ3v) is 5.71. The minimum Gasteiger partial charge on any atom is -0.325 e. The van der Waals surface area contributed by atoms with E-state index in [1.807, 2.05) is 66.9 Å². The Morgan fingerprint density at radius 3 is 2.67 bits per heavy atom. The van der Waals surface area contributed by atoms with Crippen molar-refractivity contribution in [2.75, 3.05) is 5.32 Å². The maximum absolute atomic E-state index is 12.4. The molecular formula is C21H19IN4O. The first-order valence-electron chi connectivity index (χ1n) is 8.82. The van der Waals surface area contributed by atoms with Crippen molar-refractivity contribution in [3.63, 3.8) is 0 Å². The Kier molecular flexibility index (Phi) is 4.82. The van der Waals surface area contributed by atoms with E-state index in [1.54, 1.807) is 0 Å². The van der Waals surface area contributed by atoms with Crippen molar-refractivity contribution in [2.24, 2.45) is 0 Å². The van der Waals surface area contributed by atoms with Gasteiger partial charge in [0.25, 0.3) is 0 Å². The van der Waals surface area contributed by atoms with E-state index in [1.165, 1.54) is 0 Å². The third-order valence-electron chi connectivity index (χ3n) is 4.77. The van der Waals surface area contributed by atoms with Gasteiger partial charge in [0.05, 0.1) is 11.2 Å². The number of aryl methyl sites for hydroxylation is 2. The molecular weight excluding hydrogens is 451 g/mol. The summed E-state index contributed by atoms with van der Waals surface area (Å²) in [6, 6.07) is 15.8. The third kappa shape index (κ3) is 3.41. The molecule has 0 bridgehead atoms. The highest BCUT2D eigenvalue weighted by Crippen LogP contribution is 2.23. The number of hydrogen-bond acceptors (Lipinski definition) is 3. The van der Waals surface area contributed by atoms with Crippen LogP contribution in [0.4, 0.5) is 5.69 Å². The predicted octanol–water partition coefficient (Wildman–Crippen LogP) is 4.68. The molecule has 4 rings (SSSR count). The maximum atomic E-state index is 12.4. The maximum Gasteiger partial charge on any atom is 0.224 e. The summed E-state index contributed by atoms with van der Waals surface area (Å²) in [7, 11) is 0. The van der Waals surface area contributed by atoms with Crippen LogP contribution in [0.1, 0.15) is 23.4 Å². The molecule has 0 saturated carbocycles. The van der Waals surface area contributed by atoms with Crippen LogP contribution >= 0.6 is 22.6 Å². The number of aromatic nitrogens is 3. The number of rotatable bonds is 4. The van der Waals surface area contributed by atoms with Crippen LogP contribution < -0.4 is 5.32 Å². The summed E-state index contributed by atoms with van der Waals surface area (Å²) in [5, 5.41) is 8.71. The zero-order valence-corrected chi connectivity index (χ0v) is 17.3. The zero-order chi connectivity index (χ0) is 19.0. The van der Waals surface area contributed by atoms with Crippen LogP contribution in [0.15, 0.2) is 48.5 Å². The first-order valence-corrected chi connectivity index (χ1v) is 9.90. The fourth-order valence-electron chi connectivity index (χ4n) is 3.35. The van der Waals surface area contributed by atoms with Crippen molar-refractivity contribution in [2.45, 2.75) is 26.7 Å². The van der Waals surface area contributed by atoms with Gasteiger partial charge in [0.1, 0.15) is 0 Å². The Morgan fingerprint density at radius 2 is 1.85 bits per heavy atom. The Labute approximate surface area is 170 Å². The van der Waals surface area contributed by atoms with Gasteiger partial charge in [-0.05, 0) is 72.7 Å². The van der Waals surface area contributed by atoms with E-state index in [0.29, 0.717) is 12.8 Å². The number of benzene rings is 2. The van der Waals surface area contributed by atoms with Crippen molar-refractivity contribution in [3.05, 3.63) is 69.1 Å². The number of amides is 1. The smallest absolute Gasteiger partial charge is 0.224 e. The number of fused-ring (bicyclic) bond motifs is 3. The Balaban J connectivity index is 1.59. The lowest BCUT2D eigenvalue weighted by Gasteiger charge is -2.12. The van der Waals surface area contributed by atoms with Crippen LogP contribution in [0.25, 0.3) is 16.6 Å². The van der Waals surface area contributed by atoms with E-state index in [-0.39, 0.29) is 5.91 Å². The van der Waals surface area contributed by atoms with E-state index < -0.39 is 0 Å². The van der Waals surface area contributed by atoms with Crippen molar-refractivity contribution >= 4 is 50.7 Å². The summed E-state index contributed by atoms with van der Waals surface area (Å²) >= 11 is 2.22. The van der Waals surface area contributed by atoms with E-state index in [2.05, 4.69) is 33.0 Å². The topological polar surface area (TPSA) is 59.3 Å². The van der Waals surface area contributed by atoms with Gasteiger partial charge in [0, 0.05) is 26.8 Å². The van der Waals surface area contributed by atoms with Gasteiger partial charge in [-0.3, -0.25) is 4.79 Å². The molecule has 0 fully saturated rings. The second-order valence-corrected chi connectivity index (χ2v) is 7.70. The molecule has 5 nitrogen and oxygen atoms in total. The molecule has 0 saturated heterocycles. The molecule has 1 N–H and O–H groups in total. The second kappa shape index (κ2) is 7.26. The minimum atomic E-state index is 0.00337. The molecule has 0 atom stereocenters. The highest BCUT2D eigenvalue weighted by atomic mass is 127. The average Bonchev–Trinajstić information content (AvgIpc) is 3.02. The molecule has 1 amide bonds. The molecule has 0 unspecified atom stereocenters. The first-order chi connectivity index (χ1) is 13.0. The molecule has 27 heavy (non-hydrogen) atoms. The number of para-hydroxylation sites is 1. The number of nitrogens with one attached hydrogen (secondary N) is 1. The monoisotopic (exact) mass is 470 g/mol. The largest absolute Gasteiger partial charge is 0.325 e. The van der Waals surface area contributed by atoms with Gasteiger partial charge in [0.15, 0.2) is 5.65 Å². The summed E-state index contributed by atoms with van der Waals surface area (Å²) < 4.78 is 2.92. The fourth-order valence-corrected chi connectivity index (χ4v) is 3.87. The van der Waals surface area contributed by atoms with Gasteiger partial charge < -0.3 is 5.32 Å². The van der Waals surface area contributed by atoms with Gasteiger partial charge in [-0.2, -0.15) is 5.10 Å². The van der Waals surface area contributed by atoms with E-state index in [9.17, 15) is 4.79 Å². The average molecular weight is 470 g/mol. The molecule has 136 valence electrons. The first kappa shape index (κ1) is 17.9. The van der Waals surface area contributed by atoms with Crippen LogP contribution in [-0.4, -0.2) is 20.5 Å². The summed E-state index contributed by atoms with van der Waals surface area (Å²) in [6.45, 7) is 4.04. The molecule has 6 heteroatoms. The van der Waals surface area contributed by atoms with Gasteiger partial charge in [0.2, 0.25) is 5.91 Å². The fraction of sp³-hybridized carbons (Fsp3) is 0.190. The molecule has 0 aliphatic heterocycles. The normalized spacial score (nSPS) is 11.2. The highest BCUT2D eigenvalue weighted by molar-refractivity contribution is 14.1. The molecule has 2 heterocycles. The van der Waals surface area contributed by atoms with Crippen LogP contribution in [0.5, 0.6) is 0 Å². The molecule has 4 aromatic rings. The standard InChI is InChI=1S/C21H19IN4O/c1-13-15(11-12-20(27)24-19-10-6-4-8-17(19)22)14(2)26-21(23-13)16-7-3-5-9-18(16)25-26/h3-10H,11-12H2,1-2H3,(H,24,27). The summed E-state index contributed by atoms with van der Waals surface area (Å²) in [5.74, 6) is 0.00337. The Bertz CT molecular complexity index is 1170. The number of hydrogen-bond donors (Lipinski definition) is 1. The lowest BCUT2D eigenvalue weighted by molar-refractivity contribution is -0.116. The minimum absolute atomic E-state index is 0.00337. The Morgan fingerprint density at radius 1 is 1.11 bits per heavy atom. The van der Waals surface area contributed by atoms with E-state index in [0.717, 1.165) is 42.8 Å². The molecule has 0 radical (unpaired) electrons. The quantitative estimate of drug-likeness (QED) is 0.441. The van der Waals surface area contributed by atoms with Crippen LogP contribution in [0.2, 0.25) is 0 Å². The van der Waals surface area contributed by atoms with E-state index >= 15 is 0 Å². The van der Waals surface area contributed by atoms with Gasteiger partial charge >= 0.3 is 0 Å². The summed E-state index contributed by atoms with van der Waals surface area (Å²) in [6.07, 6.45) is 1.03. The van der Waals surface area contributed by atoms with Crippen LogP contribution in [0.3, 0.4) is 0 Å². The number of carbonyl (C=O) groups is 1. The SMILES string of the molecule is Cc1nc2c3ccccc3nn2c(C)c1CCC(=O)Nc1ccccc1I. The molecule has 2 aromatic heterocycles. The number of nitrogens with zero attached hydrogens (tertiary/aromatic N) is 3. The van der Waals surface area contributed by atoms with E-state index in [4.69, 9.17) is 4.98 Å². The van der Waals surface area contributed by atoms with Gasteiger partial charge in [-0.15, -0.1) is 0 Å². The van der Waals surface area contributed by atoms with Crippen LogP contribution in [-0.2, 0) is 11.2 Å². The van der Waals surface area contributed by atoms with Gasteiger partial charge in [-0.1, -0.05) is 24.3 Å². The molecule has 0 spiro atoms. The van der Waals surface area contributed by atoms with Crippen molar-refractivity contribution < 1.29 is 4.79 Å². The summed E-state index contributed by atoms with van der Waals surface area (Å²) in [5.41, 5.74) is 5.72. The number of halogens is 1. The second-order valence-electron chi connectivity index (χ2n) is 6.54. The van der Waals surface area contributed by atoms with Crippen molar-refractivity contribution in [3.8, 4) is 0 Å². The molecule has 0 aliphatic rings. The number of anilines is 1. The Hall–Kier alpha value is -2.48. The molecule has 0 aliphatic carbocycles. The van der Waals surface area contributed by atoms with Crippen molar-refractivity contribution in [1.29, 1.82) is 0 Å². The summed E-state index contributed by atoms with van der Waals surface area (Å²) in [4.78, 5) is 17.2. The number of carbonyl (C=O) groups excluding carboxylic acids is 1. The lowest BCUT2D eigenvalue weighted by Crippen LogP contribution is -2.15. The van der Waals surface area contributed by atoms with Crippen molar-refractivity contribution in [1.82, 2.24) is 14.6 Å². The van der Waals surface area contributed by atoms with Gasteiger partial charge in [-0.25, -0.2) is 9.50 Å². The predicted molar refractivity (Wildman–Crippen MR) is 116 cm³/mol. The highest BCUT2D eigenvalue weighted by Gasteiger charge is 2.15. The van der Waals surface area contributed by atoms with Crippen LogP contribution in [0, 0.1) is 17.4 Å².